The van der Waals surface area contributed by atoms with Crippen LogP contribution in [0.3, 0.4) is 0 Å². The summed E-state index contributed by atoms with van der Waals surface area (Å²) in [5.74, 6) is 1.34. The number of hydrogen-bond acceptors (Lipinski definition) is 7. The van der Waals surface area contributed by atoms with Crippen LogP contribution in [0.2, 0.25) is 0 Å². The van der Waals surface area contributed by atoms with Gasteiger partial charge in [0, 0.05) is 0 Å². The third-order valence-corrected chi connectivity index (χ3v) is 2.87. The Morgan fingerprint density at radius 1 is 1.14 bits per heavy atom. The van der Waals surface area contributed by atoms with Crippen molar-refractivity contribution < 1.29 is 19.0 Å². The molecule has 0 atom stereocenters. The van der Waals surface area contributed by atoms with Crippen LogP contribution in [0.1, 0.15) is 16.2 Å². The SMILES string of the molecule is COc1ccc(C(=O)Cc2nnn(C)n2)c(OC)c1OC. The van der Waals surface area contributed by atoms with Gasteiger partial charge in [0.25, 0.3) is 0 Å². The Labute approximate surface area is 121 Å². The van der Waals surface area contributed by atoms with Crippen LogP contribution in [-0.2, 0) is 13.5 Å². The van der Waals surface area contributed by atoms with Gasteiger partial charge in [-0.15, -0.1) is 10.2 Å². The van der Waals surface area contributed by atoms with Crippen molar-refractivity contribution in [1.82, 2.24) is 20.2 Å². The minimum Gasteiger partial charge on any atom is -0.493 e. The number of hydrogen-bond donors (Lipinski definition) is 0. The van der Waals surface area contributed by atoms with Gasteiger partial charge in [-0.1, -0.05) is 0 Å². The third-order valence-electron chi connectivity index (χ3n) is 2.87. The predicted molar refractivity (Wildman–Crippen MR) is 72.9 cm³/mol. The first-order valence-electron chi connectivity index (χ1n) is 6.15. The first-order valence-corrected chi connectivity index (χ1v) is 6.15. The number of Topliss-reactive ketones (excluding diaryl/α,β-unsaturated/α-hetero) is 1. The number of ether oxygens (including phenoxy) is 3. The Morgan fingerprint density at radius 2 is 1.86 bits per heavy atom. The second-order valence-corrected chi connectivity index (χ2v) is 4.18. The minimum atomic E-state index is -0.194. The van der Waals surface area contributed by atoms with Crippen molar-refractivity contribution in [2.24, 2.45) is 7.05 Å². The maximum Gasteiger partial charge on any atom is 0.204 e. The van der Waals surface area contributed by atoms with E-state index in [1.54, 1.807) is 19.2 Å². The van der Waals surface area contributed by atoms with E-state index in [0.717, 1.165) is 0 Å². The van der Waals surface area contributed by atoms with Gasteiger partial charge in [-0.05, 0) is 17.3 Å². The molecule has 0 saturated heterocycles. The van der Waals surface area contributed by atoms with Crippen molar-refractivity contribution in [3.63, 3.8) is 0 Å². The number of rotatable bonds is 6. The van der Waals surface area contributed by atoms with Crippen LogP contribution in [0, 0.1) is 0 Å². The molecule has 2 aromatic rings. The third kappa shape index (κ3) is 2.93. The fraction of sp³-hybridized carbons (Fsp3) is 0.385. The summed E-state index contributed by atoms with van der Waals surface area (Å²) >= 11 is 0. The van der Waals surface area contributed by atoms with Gasteiger partial charge in [0.05, 0.1) is 40.4 Å². The summed E-state index contributed by atoms with van der Waals surface area (Å²) in [6.07, 6.45) is 0.0275. The highest BCUT2D eigenvalue weighted by molar-refractivity contribution is 6.00. The highest BCUT2D eigenvalue weighted by atomic mass is 16.5. The lowest BCUT2D eigenvalue weighted by atomic mass is 10.1. The van der Waals surface area contributed by atoms with E-state index in [0.29, 0.717) is 28.6 Å². The zero-order valence-electron chi connectivity index (χ0n) is 12.3. The molecule has 1 aromatic heterocycles. The van der Waals surface area contributed by atoms with Gasteiger partial charge >= 0.3 is 0 Å². The van der Waals surface area contributed by atoms with E-state index >= 15 is 0 Å². The van der Waals surface area contributed by atoms with Crippen LogP contribution in [0.15, 0.2) is 12.1 Å². The molecule has 1 aromatic carbocycles. The summed E-state index contributed by atoms with van der Waals surface area (Å²) in [4.78, 5) is 13.7. The molecule has 8 nitrogen and oxygen atoms in total. The lowest BCUT2D eigenvalue weighted by Crippen LogP contribution is -2.09. The fourth-order valence-electron chi connectivity index (χ4n) is 1.95. The molecule has 1 heterocycles. The van der Waals surface area contributed by atoms with Crippen molar-refractivity contribution in [2.75, 3.05) is 21.3 Å². The maximum atomic E-state index is 12.4. The van der Waals surface area contributed by atoms with E-state index in [1.807, 2.05) is 0 Å². The summed E-state index contributed by atoms with van der Waals surface area (Å²) in [6, 6.07) is 3.28. The molecule has 0 aliphatic carbocycles. The average molecular weight is 292 g/mol. The average Bonchev–Trinajstić information content (AvgIpc) is 2.90. The van der Waals surface area contributed by atoms with Crippen LogP contribution in [0.4, 0.5) is 0 Å². The topological polar surface area (TPSA) is 88.4 Å². The highest BCUT2D eigenvalue weighted by Gasteiger charge is 2.21. The Morgan fingerprint density at radius 3 is 2.38 bits per heavy atom. The molecule has 0 aliphatic heterocycles. The van der Waals surface area contributed by atoms with E-state index < -0.39 is 0 Å². The van der Waals surface area contributed by atoms with E-state index in [9.17, 15) is 4.79 Å². The quantitative estimate of drug-likeness (QED) is 0.723. The number of aromatic nitrogens is 4. The molecule has 21 heavy (non-hydrogen) atoms. The van der Waals surface area contributed by atoms with Crippen molar-refractivity contribution in [3.8, 4) is 17.2 Å². The van der Waals surface area contributed by atoms with Crippen LogP contribution >= 0.6 is 0 Å². The number of aryl methyl sites for hydroxylation is 1. The predicted octanol–water partition coefficient (Wildman–Crippen LogP) is 0.661. The highest BCUT2D eigenvalue weighted by Crippen LogP contribution is 2.40. The number of tetrazole rings is 1. The molecule has 0 bridgehead atoms. The van der Waals surface area contributed by atoms with Gasteiger partial charge < -0.3 is 14.2 Å². The number of ketones is 1. The lowest BCUT2D eigenvalue weighted by Gasteiger charge is -2.14. The molecule has 0 amide bonds. The largest absolute Gasteiger partial charge is 0.493 e. The summed E-state index contributed by atoms with van der Waals surface area (Å²) < 4.78 is 15.7. The number of carbonyl (C=O) groups excluding carboxylic acids is 1. The van der Waals surface area contributed by atoms with Crippen molar-refractivity contribution in [3.05, 3.63) is 23.5 Å². The second-order valence-electron chi connectivity index (χ2n) is 4.18. The number of nitrogens with zero attached hydrogens (tertiary/aromatic N) is 4. The fourth-order valence-corrected chi connectivity index (χ4v) is 1.95. The standard InChI is InChI=1S/C13H16N4O4/c1-17-15-11(14-16-17)7-9(18)8-5-6-10(19-2)13(21-4)12(8)20-3/h5-6H,7H2,1-4H3. The monoisotopic (exact) mass is 292 g/mol. The minimum absolute atomic E-state index is 0.0275. The molecule has 0 fully saturated rings. The van der Waals surface area contributed by atoms with Gasteiger partial charge in [0.15, 0.2) is 23.1 Å². The molecule has 0 radical (unpaired) electrons. The van der Waals surface area contributed by atoms with E-state index in [-0.39, 0.29) is 12.2 Å². The van der Waals surface area contributed by atoms with Crippen molar-refractivity contribution in [2.45, 2.75) is 6.42 Å². The molecule has 112 valence electrons. The Balaban J connectivity index is 2.36. The van der Waals surface area contributed by atoms with Crippen LogP contribution in [0.5, 0.6) is 17.2 Å². The van der Waals surface area contributed by atoms with E-state index in [1.165, 1.54) is 26.1 Å². The summed E-state index contributed by atoms with van der Waals surface area (Å²) in [5, 5.41) is 11.5. The first-order chi connectivity index (χ1) is 10.1. The number of benzene rings is 1. The van der Waals surface area contributed by atoms with Crippen LogP contribution < -0.4 is 14.2 Å². The number of methoxy groups -OCH3 is 3. The van der Waals surface area contributed by atoms with Gasteiger partial charge in [-0.3, -0.25) is 4.79 Å². The summed E-state index contributed by atoms with van der Waals surface area (Å²) in [5.41, 5.74) is 0.377. The molecule has 0 unspecified atom stereocenters. The summed E-state index contributed by atoms with van der Waals surface area (Å²) in [6.45, 7) is 0. The molecule has 0 saturated carbocycles. The van der Waals surface area contributed by atoms with Crippen LogP contribution in [-0.4, -0.2) is 47.3 Å². The molecule has 2 rings (SSSR count). The summed E-state index contributed by atoms with van der Waals surface area (Å²) in [7, 11) is 6.10. The van der Waals surface area contributed by atoms with Crippen LogP contribution in [0.25, 0.3) is 0 Å². The van der Waals surface area contributed by atoms with Gasteiger partial charge in [0.1, 0.15) is 0 Å². The zero-order valence-corrected chi connectivity index (χ0v) is 12.3. The lowest BCUT2D eigenvalue weighted by molar-refractivity contribution is 0.0987. The van der Waals surface area contributed by atoms with E-state index in [4.69, 9.17) is 14.2 Å². The van der Waals surface area contributed by atoms with Gasteiger partial charge in [0.2, 0.25) is 5.75 Å². The molecule has 0 aliphatic rings. The smallest absolute Gasteiger partial charge is 0.204 e. The Kier molecular flexibility index (Phi) is 4.36. The van der Waals surface area contributed by atoms with Gasteiger partial charge in [-0.25, -0.2) is 0 Å². The molecule has 8 heteroatoms. The number of carbonyl (C=O) groups is 1. The molecule has 0 N–H and O–H groups in total. The van der Waals surface area contributed by atoms with E-state index in [2.05, 4.69) is 15.4 Å². The van der Waals surface area contributed by atoms with Gasteiger partial charge in [-0.2, -0.15) is 4.80 Å². The second kappa shape index (κ2) is 6.21. The molecule has 0 spiro atoms. The maximum absolute atomic E-state index is 12.4. The molecular formula is C13H16N4O4. The Bertz CT molecular complexity index is 654. The molecular weight excluding hydrogens is 276 g/mol. The first kappa shape index (κ1) is 14.8. The van der Waals surface area contributed by atoms with Crippen molar-refractivity contribution in [1.29, 1.82) is 0 Å². The zero-order chi connectivity index (χ0) is 15.4. The van der Waals surface area contributed by atoms with Crippen molar-refractivity contribution >= 4 is 5.78 Å². The normalized spacial score (nSPS) is 10.3. The Hall–Kier alpha value is -2.64.